The van der Waals surface area contributed by atoms with Gasteiger partial charge in [0.2, 0.25) is 0 Å². The van der Waals surface area contributed by atoms with E-state index >= 15 is 0 Å². The van der Waals surface area contributed by atoms with Gasteiger partial charge in [-0.05, 0) is 39.8 Å². The summed E-state index contributed by atoms with van der Waals surface area (Å²) in [5.41, 5.74) is 0.788. The lowest BCUT2D eigenvalue weighted by Crippen LogP contribution is -2.49. The van der Waals surface area contributed by atoms with Gasteiger partial charge in [0.15, 0.2) is 5.78 Å². The van der Waals surface area contributed by atoms with Crippen LogP contribution in [0.1, 0.15) is 58.2 Å². The first-order chi connectivity index (χ1) is 9.21. The van der Waals surface area contributed by atoms with Crippen molar-refractivity contribution >= 4 is 17.1 Å². The third-order valence-electron chi connectivity index (χ3n) is 4.21. The molecule has 0 aliphatic carbocycles. The Kier molecular flexibility index (Phi) is 4.35. The number of ketones is 1. The molecule has 0 saturated carbocycles. The van der Waals surface area contributed by atoms with Gasteiger partial charge in [0.05, 0.1) is 17.7 Å². The van der Waals surface area contributed by atoms with E-state index in [1.54, 1.807) is 11.3 Å². The Balaban J connectivity index is 2.05. The summed E-state index contributed by atoms with van der Waals surface area (Å²) >= 11 is 1.61. The molecule has 0 spiro atoms. The standard InChI is InChI=1S/C16H26N2OS/c1-15(2,3)12-11-20-14(17-12)10-13(19)16(4,5)18-8-6-7-9-18/h11H,6-10H2,1-5H3. The first kappa shape index (κ1) is 15.6. The number of likely N-dealkylation sites (tertiary alicyclic amines) is 1. The molecule has 0 N–H and O–H groups in total. The SMILES string of the molecule is CC(C)(C)c1csc(CC(=O)C(C)(C)N2CCCC2)n1. The summed E-state index contributed by atoms with van der Waals surface area (Å²) < 4.78 is 0. The van der Waals surface area contributed by atoms with E-state index in [1.165, 1.54) is 12.8 Å². The Morgan fingerprint density at radius 3 is 2.35 bits per heavy atom. The predicted molar refractivity (Wildman–Crippen MR) is 84.4 cm³/mol. The molecule has 112 valence electrons. The molecule has 0 amide bonds. The van der Waals surface area contributed by atoms with E-state index in [2.05, 4.69) is 49.9 Å². The molecule has 1 aliphatic heterocycles. The van der Waals surface area contributed by atoms with E-state index in [0.717, 1.165) is 23.8 Å². The molecule has 1 fully saturated rings. The Labute approximate surface area is 126 Å². The third-order valence-corrected chi connectivity index (χ3v) is 5.06. The molecule has 1 aromatic heterocycles. The fraction of sp³-hybridized carbons (Fsp3) is 0.750. The van der Waals surface area contributed by atoms with Crippen LogP contribution >= 0.6 is 11.3 Å². The van der Waals surface area contributed by atoms with Gasteiger partial charge in [-0.1, -0.05) is 20.8 Å². The first-order valence-electron chi connectivity index (χ1n) is 7.44. The molecule has 0 bridgehead atoms. The summed E-state index contributed by atoms with van der Waals surface area (Å²) in [6.07, 6.45) is 2.88. The lowest BCUT2D eigenvalue weighted by Gasteiger charge is -2.33. The number of rotatable bonds is 4. The van der Waals surface area contributed by atoms with E-state index in [1.807, 2.05) is 0 Å². The molecule has 2 heterocycles. The average molecular weight is 294 g/mol. The van der Waals surface area contributed by atoms with Gasteiger partial charge in [-0.25, -0.2) is 4.98 Å². The van der Waals surface area contributed by atoms with Crippen LogP contribution in [0.2, 0.25) is 0 Å². The van der Waals surface area contributed by atoms with E-state index in [0.29, 0.717) is 6.42 Å². The average Bonchev–Trinajstić information content (AvgIpc) is 2.98. The second-order valence-corrected chi connectivity index (χ2v) is 8.17. The van der Waals surface area contributed by atoms with Crippen molar-refractivity contribution in [2.45, 2.75) is 64.8 Å². The zero-order valence-electron chi connectivity index (χ0n) is 13.3. The number of carbonyl (C=O) groups excluding carboxylic acids is 1. The Hall–Kier alpha value is -0.740. The Morgan fingerprint density at radius 1 is 1.25 bits per heavy atom. The smallest absolute Gasteiger partial charge is 0.159 e. The molecule has 4 heteroatoms. The van der Waals surface area contributed by atoms with Crippen LogP contribution in [0, 0.1) is 0 Å². The zero-order chi connectivity index (χ0) is 15.0. The van der Waals surface area contributed by atoms with E-state index < -0.39 is 0 Å². The summed E-state index contributed by atoms with van der Waals surface area (Å²) in [4.78, 5) is 19.6. The lowest BCUT2D eigenvalue weighted by atomic mass is 9.93. The molecule has 3 nitrogen and oxygen atoms in total. The van der Waals surface area contributed by atoms with Gasteiger partial charge in [-0.2, -0.15) is 0 Å². The molecule has 0 radical (unpaired) electrons. The highest BCUT2D eigenvalue weighted by Crippen LogP contribution is 2.27. The summed E-state index contributed by atoms with van der Waals surface area (Å²) in [5.74, 6) is 0.286. The van der Waals surface area contributed by atoms with Gasteiger partial charge in [0.1, 0.15) is 5.01 Å². The van der Waals surface area contributed by atoms with Crippen molar-refractivity contribution in [3.63, 3.8) is 0 Å². The van der Waals surface area contributed by atoms with Crippen molar-refractivity contribution < 1.29 is 4.79 Å². The molecule has 1 aromatic rings. The highest BCUT2D eigenvalue weighted by atomic mass is 32.1. The van der Waals surface area contributed by atoms with Crippen molar-refractivity contribution in [3.8, 4) is 0 Å². The van der Waals surface area contributed by atoms with Crippen molar-refractivity contribution in [2.24, 2.45) is 0 Å². The molecule has 0 atom stereocenters. The largest absolute Gasteiger partial charge is 0.297 e. The monoisotopic (exact) mass is 294 g/mol. The maximum absolute atomic E-state index is 12.6. The van der Waals surface area contributed by atoms with Crippen LogP contribution in [-0.2, 0) is 16.6 Å². The maximum Gasteiger partial charge on any atom is 0.159 e. The number of hydrogen-bond acceptors (Lipinski definition) is 4. The van der Waals surface area contributed by atoms with E-state index in [4.69, 9.17) is 0 Å². The summed E-state index contributed by atoms with van der Waals surface area (Å²) in [6, 6.07) is 0. The van der Waals surface area contributed by atoms with Crippen LogP contribution < -0.4 is 0 Å². The highest BCUT2D eigenvalue weighted by Gasteiger charge is 2.36. The van der Waals surface area contributed by atoms with Gasteiger partial charge in [0, 0.05) is 10.8 Å². The molecular formula is C16H26N2OS. The fourth-order valence-electron chi connectivity index (χ4n) is 2.54. The summed E-state index contributed by atoms with van der Waals surface area (Å²) in [6.45, 7) is 12.7. The molecule has 1 aliphatic rings. The number of nitrogens with zero attached hydrogens (tertiary/aromatic N) is 2. The number of aromatic nitrogens is 1. The summed E-state index contributed by atoms with van der Waals surface area (Å²) in [7, 11) is 0. The molecule has 1 saturated heterocycles. The highest BCUT2D eigenvalue weighted by molar-refractivity contribution is 7.09. The van der Waals surface area contributed by atoms with Gasteiger partial charge >= 0.3 is 0 Å². The second kappa shape index (κ2) is 5.57. The van der Waals surface area contributed by atoms with Crippen molar-refractivity contribution in [2.75, 3.05) is 13.1 Å². The van der Waals surface area contributed by atoms with Gasteiger partial charge in [-0.15, -0.1) is 11.3 Å². The van der Waals surface area contributed by atoms with Crippen LogP contribution in [0.15, 0.2) is 5.38 Å². The number of carbonyl (C=O) groups is 1. The van der Waals surface area contributed by atoms with E-state index in [9.17, 15) is 4.79 Å². The topological polar surface area (TPSA) is 33.2 Å². The Morgan fingerprint density at radius 2 is 1.85 bits per heavy atom. The molecule has 0 aromatic carbocycles. The maximum atomic E-state index is 12.6. The van der Waals surface area contributed by atoms with Gasteiger partial charge in [-0.3, -0.25) is 9.69 Å². The van der Waals surface area contributed by atoms with Crippen LogP contribution in [0.3, 0.4) is 0 Å². The minimum atomic E-state index is -0.357. The van der Waals surface area contributed by atoms with Crippen LogP contribution in [0.5, 0.6) is 0 Å². The minimum Gasteiger partial charge on any atom is -0.297 e. The molecular weight excluding hydrogens is 268 g/mol. The molecule has 2 rings (SSSR count). The van der Waals surface area contributed by atoms with Crippen molar-refractivity contribution in [1.82, 2.24) is 9.88 Å². The van der Waals surface area contributed by atoms with Crippen LogP contribution in [0.4, 0.5) is 0 Å². The molecule has 20 heavy (non-hydrogen) atoms. The first-order valence-corrected chi connectivity index (χ1v) is 8.32. The van der Waals surface area contributed by atoms with Gasteiger partial charge in [0.25, 0.3) is 0 Å². The van der Waals surface area contributed by atoms with Crippen molar-refractivity contribution in [1.29, 1.82) is 0 Å². The zero-order valence-corrected chi connectivity index (χ0v) is 14.1. The fourth-order valence-corrected chi connectivity index (χ4v) is 3.56. The normalized spacial score (nSPS) is 17.6. The second-order valence-electron chi connectivity index (χ2n) is 7.23. The summed E-state index contributed by atoms with van der Waals surface area (Å²) in [5, 5.41) is 3.04. The van der Waals surface area contributed by atoms with Gasteiger partial charge < -0.3 is 0 Å². The number of thiazole rings is 1. The predicted octanol–water partition coefficient (Wildman–Crippen LogP) is 3.43. The third kappa shape index (κ3) is 3.29. The van der Waals surface area contributed by atoms with E-state index in [-0.39, 0.29) is 16.7 Å². The quantitative estimate of drug-likeness (QED) is 0.853. The minimum absolute atomic E-state index is 0.0578. The van der Waals surface area contributed by atoms with Crippen LogP contribution in [0.25, 0.3) is 0 Å². The van der Waals surface area contributed by atoms with Crippen molar-refractivity contribution in [3.05, 3.63) is 16.1 Å². The number of hydrogen-bond donors (Lipinski definition) is 0. The number of Topliss-reactive ketones (excluding diaryl/α,β-unsaturated/α-hetero) is 1. The molecule has 0 unspecified atom stereocenters. The Bertz CT molecular complexity index is 479. The lowest BCUT2D eigenvalue weighted by molar-refractivity contribution is -0.128. The van der Waals surface area contributed by atoms with Crippen LogP contribution in [-0.4, -0.2) is 34.3 Å².